The quantitative estimate of drug-likeness (QED) is 0.326. The fourth-order valence-corrected chi connectivity index (χ4v) is 1.87. The van der Waals surface area contributed by atoms with Crippen LogP contribution >= 0.6 is 0 Å². The van der Waals surface area contributed by atoms with Crippen molar-refractivity contribution in [2.45, 2.75) is 40.5 Å². The molecule has 0 rings (SSSR count). The molecule has 0 aliphatic rings. The smallest absolute Gasteiger partial charge is 0.191 e. The Morgan fingerprint density at radius 1 is 1.05 bits per heavy atom. The fourth-order valence-electron chi connectivity index (χ4n) is 1.87. The van der Waals surface area contributed by atoms with Crippen LogP contribution in [0.5, 0.6) is 0 Å². The van der Waals surface area contributed by atoms with E-state index < -0.39 is 0 Å². The standard InChI is InChI=1S/C15H34N4O/c1-5-16-15(17-11-9-10-14-20-8-4)18-12-13-19(6-2)7-3/h5-14H2,1-4H3,(H2,16,17,18). The van der Waals surface area contributed by atoms with Crippen molar-refractivity contribution in [2.75, 3.05) is 52.5 Å². The van der Waals surface area contributed by atoms with Gasteiger partial charge in [-0.2, -0.15) is 0 Å². The lowest BCUT2D eigenvalue weighted by atomic mass is 10.3. The zero-order valence-corrected chi connectivity index (χ0v) is 13.9. The van der Waals surface area contributed by atoms with Crippen LogP contribution in [0.15, 0.2) is 4.99 Å². The molecule has 0 saturated heterocycles. The van der Waals surface area contributed by atoms with Crippen LogP contribution in [0.4, 0.5) is 0 Å². The van der Waals surface area contributed by atoms with E-state index in [2.05, 4.69) is 41.3 Å². The Balaban J connectivity index is 3.83. The van der Waals surface area contributed by atoms with Crippen molar-refractivity contribution < 1.29 is 4.74 Å². The molecule has 0 atom stereocenters. The summed E-state index contributed by atoms with van der Waals surface area (Å²) in [6.07, 6.45) is 2.16. The molecule has 0 radical (unpaired) electrons. The average Bonchev–Trinajstić information content (AvgIpc) is 2.47. The maximum atomic E-state index is 5.32. The third-order valence-corrected chi connectivity index (χ3v) is 3.13. The Kier molecular flexibility index (Phi) is 14.0. The lowest BCUT2D eigenvalue weighted by molar-refractivity contribution is 0.144. The predicted octanol–water partition coefficient (Wildman–Crippen LogP) is 1.70. The number of likely N-dealkylation sites (N-methyl/N-ethyl adjacent to an activating group) is 1. The van der Waals surface area contributed by atoms with E-state index >= 15 is 0 Å². The van der Waals surface area contributed by atoms with E-state index in [-0.39, 0.29) is 0 Å². The van der Waals surface area contributed by atoms with Gasteiger partial charge in [0.25, 0.3) is 0 Å². The largest absolute Gasteiger partial charge is 0.382 e. The summed E-state index contributed by atoms with van der Waals surface area (Å²) >= 11 is 0. The van der Waals surface area contributed by atoms with Gasteiger partial charge in [-0.15, -0.1) is 0 Å². The van der Waals surface area contributed by atoms with Crippen LogP contribution in [-0.2, 0) is 4.74 Å². The third kappa shape index (κ3) is 11.1. The number of hydrogen-bond acceptors (Lipinski definition) is 3. The van der Waals surface area contributed by atoms with Crippen LogP contribution in [0.1, 0.15) is 40.5 Å². The summed E-state index contributed by atoms with van der Waals surface area (Å²) in [5, 5.41) is 6.67. The molecular weight excluding hydrogens is 252 g/mol. The topological polar surface area (TPSA) is 48.9 Å². The first kappa shape index (κ1) is 19.2. The van der Waals surface area contributed by atoms with Gasteiger partial charge in [0.05, 0.1) is 0 Å². The average molecular weight is 286 g/mol. The molecule has 0 spiro atoms. The summed E-state index contributed by atoms with van der Waals surface area (Å²) in [6, 6.07) is 0. The Morgan fingerprint density at radius 2 is 1.80 bits per heavy atom. The summed E-state index contributed by atoms with van der Waals surface area (Å²) in [5.41, 5.74) is 0. The summed E-state index contributed by atoms with van der Waals surface area (Å²) in [6.45, 7) is 16.1. The predicted molar refractivity (Wildman–Crippen MR) is 87.5 cm³/mol. The molecule has 0 aliphatic heterocycles. The lowest BCUT2D eigenvalue weighted by Gasteiger charge is -2.19. The molecule has 0 heterocycles. The molecule has 0 aromatic heterocycles. The van der Waals surface area contributed by atoms with Crippen molar-refractivity contribution >= 4 is 5.96 Å². The van der Waals surface area contributed by atoms with E-state index in [1.54, 1.807) is 0 Å². The number of nitrogens with one attached hydrogen (secondary N) is 2. The Labute approximate surface area is 125 Å². The van der Waals surface area contributed by atoms with Gasteiger partial charge in [-0.3, -0.25) is 4.99 Å². The molecule has 0 aromatic carbocycles. The molecule has 0 saturated carbocycles. The zero-order valence-electron chi connectivity index (χ0n) is 13.9. The van der Waals surface area contributed by atoms with E-state index in [1.807, 2.05) is 6.92 Å². The Hall–Kier alpha value is -0.810. The van der Waals surface area contributed by atoms with Gasteiger partial charge in [-0.1, -0.05) is 13.8 Å². The summed E-state index contributed by atoms with van der Waals surface area (Å²) in [4.78, 5) is 6.98. The molecule has 0 aromatic rings. The molecule has 5 heteroatoms. The van der Waals surface area contributed by atoms with Crippen LogP contribution in [0.25, 0.3) is 0 Å². The monoisotopic (exact) mass is 286 g/mol. The Bertz CT molecular complexity index is 230. The minimum Gasteiger partial charge on any atom is -0.382 e. The van der Waals surface area contributed by atoms with Crippen molar-refractivity contribution in [1.82, 2.24) is 15.5 Å². The first-order valence-corrected chi connectivity index (χ1v) is 8.10. The van der Waals surface area contributed by atoms with Gasteiger partial charge < -0.3 is 20.3 Å². The van der Waals surface area contributed by atoms with Crippen LogP contribution in [0.3, 0.4) is 0 Å². The molecule has 0 fully saturated rings. The van der Waals surface area contributed by atoms with Crippen LogP contribution in [0.2, 0.25) is 0 Å². The van der Waals surface area contributed by atoms with Crippen molar-refractivity contribution in [2.24, 2.45) is 4.99 Å². The van der Waals surface area contributed by atoms with Gasteiger partial charge in [0.15, 0.2) is 5.96 Å². The molecule has 2 N–H and O–H groups in total. The molecule has 5 nitrogen and oxygen atoms in total. The van der Waals surface area contributed by atoms with Crippen molar-refractivity contribution in [1.29, 1.82) is 0 Å². The molecule has 0 unspecified atom stereocenters. The number of guanidine groups is 1. The summed E-state index contributed by atoms with van der Waals surface area (Å²) in [5.74, 6) is 0.927. The highest BCUT2D eigenvalue weighted by Gasteiger charge is 2.00. The second-order valence-electron chi connectivity index (χ2n) is 4.62. The second kappa shape index (κ2) is 14.6. The van der Waals surface area contributed by atoms with E-state index in [0.717, 1.165) is 71.3 Å². The molecule has 20 heavy (non-hydrogen) atoms. The van der Waals surface area contributed by atoms with Crippen LogP contribution in [0, 0.1) is 0 Å². The number of nitrogens with zero attached hydrogens (tertiary/aromatic N) is 2. The molecule has 0 bridgehead atoms. The molecule has 0 amide bonds. The molecule has 120 valence electrons. The molecule has 0 aliphatic carbocycles. The minimum atomic E-state index is 0.804. The van der Waals surface area contributed by atoms with E-state index in [9.17, 15) is 0 Å². The van der Waals surface area contributed by atoms with Crippen molar-refractivity contribution in [3.8, 4) is 0 Å². The van der Waals surface area contributed by atoms with Gasteiger partial charge in [-0.05, 0) is 39.8 Å². The van der Waals surface area contributed by atoms with Gasteiger partial charge >= 0.3 is 0 Å². The minimum absolute atomic E-state index is 0.804. The lowest BCUT2D eigenvalue weighted by Crippen LogP contribution is -2.41. The SMILES string of the molecule is CCNC(=NCCCCOCC)NCCN(CC)CC. The number of hydrogen-bond donors (Lipinski definition) is 2. The van der Waals surface area contributed by atoms with Gasteiger partial charge in [0.1, 0.15) is 0 Å². The molecular formula is C15H34N4O. The number of ether oxygens (including phenoxy) is 1. The van der Waals surface area contributed by atoms with E-state index in [0.29, 0.717) is 0 Å². The third-order valence-electron chi connectivity index (χ3n) is 3.13. The van der Waals surface area contributed by atoms with Crippen LogP contribution in [-0.4, -0.2) is 63.3 Å². The van der Waals surface area contributed by atoms with E-state index in [4.69, 9.17) is 4.74 Å². The number of aliphatic imine (C=N–C) groups is 1. The van der Waals surface area contributed by atoms with Gasteiger partial charge in [0.2, 0.25) is 0 Å². The summed E-state index contributed by atoms with van der Waals surface area (Å²) < 4.78 is 5.32. The highest BCUT2D eigenvalue weighted by Crippen LogP contribution is 1.91. The van der Waals surface area contributed by atoms with Crippen molar-refractivity contribution in [3.05, 3.63) is 0 Å². The maximum absolute atomic E-state index is 5.32. The number of rotatable bonds is 12. The normalized spacial score (nSPS) is 11.9. The Morgan fingerprint density at radius 3 is 2.40 bits per heavy atom. The van der Waals surface area contributed by atoms with Crippen molar-refractivity contribution in [3.63, 3.8) is 0 Å². The van der Waals surface area contributed by atoms with Gasteiger partial charge in [0, 0.05) is 39.4 Å². The fraction of sp³-hybridized carbons (Fsp3) is 0.933. The highest BCUT2D eigenvalue weighted by atomic mass is 16.5. The van der Waals surface area contributed by atoms with Crippen LogP contribution < -0.4 is 10.6 Å². The van der Waals surface area contributed by atoms with E-state index in [1.165, 1.54) is 0 Å². The second-order valence-corrected chi connectivity index (χ2v) is 4.62. The first-order chi connectivity index (χ1) is 9.78. The van der Waals surface area contributed by atoms with Gasteiger partial charge in [-0.25, -0.2) is 0 Å². The maximum Gasteiger partial charge on any atom is 0.191 e. The summed E-state index contributed by atoms with van der Waals surface area (Å²) in [7, 11) is 0. The first-order valence-electron chi connectivity index (χ1n) is 8.10. The number of unbranched alkanes of at least 4 members (excludes halogenated alkanes) is 1. The highest BCUT2D eigenvalue weighted by molar-refractivity contribution is 5.79. The zero-order chi connectivity index (χ0) is 15.1.